The minimum absolute atomic E-state index is 0.000584. The van der Waals surface area contributed by atoms with E-state index >= 15 is 0 Å². The van der Waals surface area contributed by atoms with Gasteiger partial charge in [0.15, 0.2) is 6.04 Å². The van der Waals surface area contributed by atoms with E-state index in [-0.39, 0.29) is 12.1 Å². The topological polar surface area (TPSA) is 54.0 Å². The third kappa shape index (κ3) is 3.45. The SMILES string of the molecule is O=C1C[C@H]([NH2+]C2CCCCC2)C(=O)N1c1cccc(C(F)(F)F)c1. The van der Waals surface area contributed by atoms with Crippen LogP contribution in [0.1, 0.15) is 44.1 Å². The molecule has 0 unspecified atom stereocenters. The van der Waals surface area contributed by atoms with Crippen molar-refractivity contribution in [2.24, 2.45) is 0 Å². The molecule has 1 heterocycles. The van der Waals surface area contributed by atoms with Gasteiger partial charge in [0.05, 0.1) is 23.7 Å². The van der Waals surface area contributed by atoms with Gasteiger partial charge in [0.2, 0.25) is 5.91 Å². The fourth-order valence-electron chi connectivity index (χ4n) is 3.55. The Morgan fingerprint density at radius 2 is 1.79 bits per heavy atom. The van der Waals surface area contributed by atoms with E-state index in [2.05, 4.69) is 0 Å². The number of benzene rings is 1. The summed E-state index contributed by atoms with van der Waals surface area (Å²) in [6.07, 6.45) is 1.00. The molecule has 1 aromatic rings. The predicted octanol–water partition coefficient (Wildman–Crippen LogP) is 2.23. The van der Waals surface area contributed by atoms with Crippen molar-refractivity contribution in [2.45, 2.75) is 56.8 Å². The van der Waals surface area contributed by atoms with Crippen molar-refractivity contribution in [1.29, 1.82) is 0 Å². The average Bonchev–Trinajstić information content (AvgIpc) is 2.82. The Kier molecular flexibility index (Phi) is 4.62. The molecule has 2 aliphatic rings. The Balaban J connectivity index is 1.77. The highest BCUT2D eigenvalue weighted by Crippen LogP contribution is 2.32. The minimum atomic E-state index is -4.50. The molecule has 2 fully saturated rings. The van der Waals surface area contributed by atoms with Gasteiger partial charge in [0, 0.05) is 0 Å². The van der Waals surface area contributed by atoms with Crippen LogP contribution in [0.3, 0.4) is 0 Å². The fraction of sp³-hybridized carbons (Fsp3) is 0.529. The summed E-state index contributed by atoms with van der Waals surface area (Å²) in [7, 11) is 0. The Morgan fingerprint density at radius 3 is 2.46 bits per heavy atom. The summed E-state index contributed by atoms with van der Waals surface area (Å²) in [5.41, 5.74) is -0.861. The molecule has 2 amide bonds. The molecule has 1 aliphatic carbocycles. The lowest BCUT2D eigenvalue weighted by molar-refractivity contribution is -0.710. The summed E-state index contributed by atoms with van der Waals surface area (Å²) in [6, 6.07) is 4.18. The Morgan fingerprint density at radius 1 is 1.08 bits per heavy atom. The lowest BCUT2D eigenvalue weighted by Crippen LogP contribution is -2.96. The number of hydrogen-bond acceptors (Lipinski definition) is 2. The second-order valence-corrected chi connectivity index (χ2v) is 6.52. The van der Waals surface area contributed by atoms with Crippen LogP contribution in [0, 0.1) is 0 Å². The highest BCUT2D eigenvalue weighted by molar-refractivity contribution is 6.21. The van der Waals surface area contributed by atoms with E-state index in [9.17, 15) is 22.8 Å². The van der Waals surface area contributed by atoms with Gasteiger partial charge in [0.1, 0.15) is 0 Å². The van der Waals surface area contributed by atoms with E-state index in [4.69, 9.17) is 0 Å². The van der Waals surface area contributed by atoms with Crippen LogP contribution >= 0.6 is 0 Å². The molecule has 0 spiro atoms. The first kappa shape index (κ1) is 17.0. The van der Waals surface area contributed by atoms with Crippen molar-refractivity contribution < 1.29 is 28.1 Å². The number of alkyl halides is 3. The van der Waals surface area contributed by atoms with Crippen LogP contribution < -0.4 is 10.2 Å². The maximum absolute atomic E-state index is 12.8. The predicted molar refractivity (Wildman–Crippen MR) is 81.1 cm³/mol. The number of anilines is 1. The number of hydrogen-bond donors (Lipinski definition) is 1. The van der Waals surface area contributed by atoms with Crippen LogP contribution in [0.5, 0.6) is 0 Å². The van der Waals surface area contributed by atoms with Gasteiger partial charge in [0.25, 0.3) is 5.91 Å². The van der Waals surface area contributed by atoms with Crippen molar-refractivity contribution >= 4 is 17.5 Å². The van der Waals surface area contributed by atoms with Gasteiger partial charge < -0.3 is 5.32 Å². The summed E-state index contributed by atoms with van der Waals surface area (Å²) in [5.74, 6) is -0.846. The van der Waals surface area contributed by atoms with Crippen LogP contribution in [-0.2, 0) is 15.8 Å². The number of nitrogens with zero attached hydrogens (tertiary/aromatic N) is 1. The first-order valence-corrected chi connectivity index (χ1v) is 8.25. The van der Waals surface area contributed by atoms with Crippen LogP contribution in [-0.4, -0.2) is 23.9 Å². The van der Waals surface area contributed by atoms with Gasteiger partial charge in [-0.15, -0.1) is 0 Å². The first-order chi connectivity index (χ1) is 11.4. The van der Waals surface area contributed by atoms with Crippen LogP contribution in [0.25, 0.3) is 0 Å². The summed E-state index contributed by atoms with van der Waals surface area (Å²) in [4.78, 5) is 25.6. The van der Waals surface area contributed by atoms with Gasteiger partial charge >= 0.3 is 6.18 Å². The maximum atomic E-state index is 12.8. The van der Waals surface area contributed by atoms with E-state index in [1.165, 1.54) is 18.6 Å². The smallest absolute Gasteiger partial charge is 0.333 e. The van der Waals surface area contributed by atoms with Gasteiger partial charge in [-0.3, -0.25) is 9.59 Å². The molecule has 130 valence electrons. The van der Waals surface area contributed by atoms with E-state index in [1.807, 2.05) is 5.32 Å². The molecule has 3 rings (SSSR count). The lowest BCUT2D eigenvalue weighted by Gasteiger charge is -2.22. The zero-order valence-electron chi connectivity index (χ0n) is 13.2. The normalized spacial score (nSPS) is 23.1. The first-order valence-electron chi connectivity index (χ1n) is 8.25. The molecule has 7 heteroatoms. The van der Waals surface area contributed by atoms with Crippen molar-refractivity contribution in [1.82, 2.24) is 0 Å². The van der Waals surface area contributed by atoms with Gasteiger partial charge in [-0.1, -0.05) is 12.5 Å². The van der Waals surface area contributed by atoms with Crippen molar-refractivity contribution in [2.75, 3.05) is 4.90 Å². The Labute approximate surface area is 138 Å². The highest BCUT2D eigenvalue weighted by Gasteiger charge is 2.44. The Hall–Kier alpha value is -1.89. The molecule has 1 atom stereocenters. The molecular formula is C17H20F3N2O2+. The average molecular weight is 341 g/mol. The summed E-state index contributed by atoms with van der Waals surface area (Å²) in [6.45, 7) is 0. The number of nitrogens with two attached hydrogens (primary N) is 1. The molecule has 1 saturated heterocycles. The number of carbonyl (C=O) groups is 2. The molecule has 1 aromatic carbocycles. The molecule has 24 heavy (non-hydrogen) atoms. The van der Waals surface area contributed by atoms with Crippen molar-refractivity contribution in [3.05, 3.63) is 29.8 Å². The molecule has 1 saturated carbocycles. The second kappa shape index (κ2) is 6.55. The number of rotatable bonds is 3. The van der Waals surface area contributed by atoms with Gasteiger partial charge in [-0.2, -0.15) is 13.2 Å². The Bertz CT molecular complexity index is 639. The number of amides is 2. The monoisotopic (exact) mass is 341 g/mol. The number of carbonyl (C=O) groups excluding carboxylic acids is 2. The quantitative estimate of drug-likeness (QED) is 0.857. The van der Waals surface area contributed by atoms with Crippen LogP contribution in [0.15, 0.2) is 24.3 Å². The number of quaternary nitrogens is 1. The highest BCUT2D eigenvalue weighted by atomic mass is 19.4. The molecule has 1 aliphatic heterocycles. The summed E-state index contributed by atoms with van der Waals surface area (Å²) in [5, 5.41) is 1.94. The standard InChI is InChI=1S/C17H19F3N2O2/c18-17(19,20)11-5-4-8-13(9-11)22-15(23)10-14(16(22)24)21-12-6-2-1-3-7-12/h4-5,8-9,12,14,21H,1-3,6-7,10H2/p+1/t14-/m0/s1. The van der Waals surface area contributed by atoms with E-state index in [1.54, 1.807) is 0 Å². The number of halogens is 3. The van der Waals surface area contributed by atoms with Crippen molar-refractivity contribution in [3.63, 3.8) is 0 Å². The van der Waals surface area contributed by atoms with E-state index in [0.29, 0.717) is 6.04 Å². The van der Waals surface area contributed by atoms with E-state index < -0.39 is 29.6 Å². The fourth-order valence-corrected chi connectivity index (χ4v) is 3.55. The lowest BCUT2D eigenvalue weighted by atomic mass is 9.95. The molecule has 0 radical (unpaired) electrons. The van der Waals surface area contributed by atoms with Crippen molar-refractivity contribution in [3.8, 4) is 0 Å². The molecule has 0 bridgehead atoms. The summed E-state index contributed by atoms with van der Waals surface area (Å²) >= 11 is 0. The third-order valence-corrected chi connectivity index (χ3v) is 4.77. The number of imide groups is 1. The summed E-state index contributed by atoms with van der Waals surface area (Å²) < 4.78 is 38.5. The third-order valence-electron chi connectivity index (χ3n) is 4.77. The zero-order valence-corrected chi connectivity index (χ0v) is 13.2. The van der Waals surface area contributed by atoms with Gasteiger partial charge in [-0.25, -0.2) is 4.90 Å². The van der Waals surface area contributed by atoms with Crippen LogP contribution in [0.2, 0.25) is 0 Å². The molecular weight excluding hydrogens is 321 g/mol. The van der Waals surface area contributed by atoms with Crippen LogP contribution in [0.4, 0.5) is 18.9 Å². The molecule has 2 N–H and O–H groups in total. The van der Waals surface area contributed by atoms with Gasteiger partial charge in [-0.05, 0) is 43.9 Å². The zero-order chi connectivity index (χ0) is 17.3. The largest absolute Gasteiger partial charge is 0.416 e. The second-order valence-electron chi connectivity index (χ2n) is 6.52. The molecule has 4 nitrogen and oxygen atoms in total. The maximum Gasteiger partial charge on any atom is 0.416 e. The van der Waals surface area contributed by atoms with E-state index in [0.717, 1.165) is 42.7 Å². The minimum Gasteiger partial charge on any atom is -0.333 e. The molecule has 0 aromatic heterocycles.